The van der Waals surface area contributed by atoms with Crippen LogP contribution in [-0.2, 0) is 16.1 Å². The lowest BCUT2D eigenvalue weighted by Crippen LogP contribution is -2.56. The second kappa shape index (κ2) is 4.72. The molecule has 6 heteroatoms. The summed E-state index contributed by atoms with van der Waals surface area (Å²) in [7, 11) is 0. The topological polar surface area (TPSA) is 49.4 Å². The molecule has 1 heterocycles. The number of carbonyl (C=O) groups excluding carboxylic acids is 2. The van der Waals surface area contributed by atoms with Gasteiger partial charge in [-0.05, 0) is 13.0 Å². The fourth-order valence-electron chi connectivity index (χ4n) is 1.85. The number of rotatable bonds is 2. The first-order valence-electron chi connectivity index (χ1n) is 5.50. The molecule has 0 saturated carbocycles. The minimum absolute atomic E-state index is 0.0601. The maximum Gasteiger partial charge on any atom is 0.242 e. The van der Waals surface area contributed by atoms with E-state index in [1.807, 2.05) is 0 Å². The Kier molecular flexibility index (Phi) is 3.27. The van der Waals surface area contributed by atoms with Gasteiger partial charge in [0, 0.05) is 12.1 Å². The Bertz CT molecular complexity index is 505. The summed E-state index contributed by atoms with van der Waals surface area (Å²) >= 11 is 0. The molecule has 0 aliphatic carbocycles. The Labute approximate surface area is 103 Å². The Morgan fingerprint density at radius 3 is 2.83 bits per heavy atom. The number of amides is 2. The van der Waals surface area contributed by atoms with E-state index in [0.717, 1.165) is 6.07 Å². The normalized spacial score (nSPS) is 19.9. The molecule has 1 aromatic carbocycles. The van der Waals surface area contributed by atoms with Crippen molar-refractivity contribution in [1.29, 1.82) is 0 Å². The fourth-order valence-corrected chi connectivity index (χ4v) is 1.85. The zero-order valence-electron chi connectivity index (χ0n) is 9.74. The van der Waals surface area contributed by atoms with Gasteiger partial charge in [0.2, 0.25) is 11.8 Å². The quantitative estimate of drug-likeness (QED) is 0.849. The highest BCUT2D eigenvalue weighted by molar-refractivity contribution is 5.94. The van der Waals surface area contributed by atoms with Crippen molar-refractivity contribution < 1.29 is 18.4 Å². The van der Waals surface area contributed by atoms with Gasteiger partial charge < -0.3 is 10.2 Å². The SMILES string of the molecule is CC1C(=O)NCC(=O)N1Cc1cccc(F)c1F. The van der Waals surface area contributed by atoms with E-state index in [0.29, 0.717) is 0 Å². The summed E-state index contributed by atoms with van der Waals surface area (Å²) in [6, 6.07) is 3.08. The molecular weight excluding hydrogens is 242 g/mol. The smallest absolute Gasteiger partial charge is 0.242 e. The van der Waals surface area contributed by atoms with E-state index in [9.17, 15) is 18.4 Å². The number of nitrogens with one attached hydrogen (secondary N) is 1. The summed E-state index contributed by atoms with van der Waals surface area (Å²) in [6.45, 7) is 1.32. The van der Waals surface area contributed by atoms with Crippen LogP contribution in [0.5, 0.6) is 0 Å². The second-order valence-electron chi connectivity index (χ2n) is 4.13. The first-order valence-corrected chi connectivity index (χ1v) is 5.50. The summed E-state index contributed by atoms with van der Waals surface area (Å²) in [5.41, 5.74) is 0.0601. The van der Waals surface area contributed by atoms with E-state index in [4.69, 9.17) is 0 Å². The third kappa shape index (κ3) is 2.18. The highest BCUT2D eigenvalue weighted by Gasteiger charge is 2.31. The molecule has 0 radical (unpaired) electrons. The van der Waals surface area contributed by atoms with Gasteiger partial charge in [0.25, 0.3) is 0 Å². The van der Waals surface area contributed by atoms with Gasteiger partial charge in [-0.3, -0.25) is 9.59 Å². The third-order valence-electron chi connectivity index (χ3n) is 2.95. The summed E-state index contributed by atoms with van der Waals surface area (Å²) in [5, 5.41) is 2.43. The maximum atomic E-state index is 13.5. The molecule has 1 unspecified atom stereocenters. The molecule has 1 aliphatic heterocycles. The van der Waals surface area contributed by atoms with Crippen LogP contribution in [0.15, 0.2) is 18.2 Å². The Balaban J connectivity index is 2.24. The average Bonchev–Trinajstić information content (AvgIpc) is 2.35. The van der Waals surface area contributed by atoms with Gasteiger partial charge in [-0.15, -0.1) is 0 Å². The van der Waals surface area contributed by atoms with Crippen molar-refractivity contribution in [1.82, 2.24) is 10.2 Å². The van der Waals surface area contributed by atoms with Crippen molar-refractivity contribution in [2.75, 3.05) is 6.54 Å². The third-order valence-corrected chi connectivity index (χ3v) is 2.95. The van der Waals surface area contributed by atoms with Gasteiger partial charge in [-0.25, -0.2) is 8.78 Å². The maximum absolute atomic E-state index is 13.5. The molecule has 1 atom stereocenters. The predicted molar refractivity (Wildman–Crippen MR) is 59.4 cm³/mol. The number of nitrogens with zero attached hydrogens (tertiary/aromatic N) is 1. The Morgan fingerprint density at radius 2 is 2.11 bits per heavy atom. The summed E-state index contributed by atoms with van der Waals surface area (Å²) in [6.07, 6.45) is 0. The van der Waals surface area contributed by atoms with Gasteiger partial charge >= 0.3 is 0 Å². The first kappa shape index (κ1) is 12.5. The molecule has 1 aliphatic rings. The van der Waals surface area contributed by atoms with Crippen LogP contribution in [0, 0.1) is 11.6 Å². The number of carbonyl (C=O) groups is 2. The van der Waals surface area contributed by atoms with E-state index >= 15 is 0 Å². The molecule has 1 N–H and O–H groups in total. The molecular formula is C12H12F2N2O2. The molecule has 2 amide bonds. The highest BCUT2D eigenvalue weighted by atomic mass is 19.2. The molecule has 0 aromatic heterocycles. The minimum atomic E-state index is -0.983. The number of halogens is 2. The van der Waals surface area contributed by atoms with E-state index in [2.05, 4.69) is 5.32 Å². The number of benzene rings is 1. The van der Waals surface area contributed by atoms with Gasteiger partial charge in [0.05, 0.1) is 6.54 Å². The lowest BCUT2D eigenvalue weighted by molar-refractivity contribution is -0.145. The predicted octanol–water partition coefficient (Wildman–Crippen LogP) is 0.812. The molecule has 4 nitrogen and oxygen atoms in total. The molecule has 1 saturated heterocycles. The van der Waals surface area contributed by atoms with Crippen LogP contribution in [0.2, 0.25) is 0 Å². The zero-order chi connectivity index (χ0) is 13.3. The van der Waals surface area contributed by atoms with Gasteiger partial charge in [-0.2, -0.15) is 0 Å². The van der Waals surface area contributed by atoms with Crippen molar-refractivity contribution >= 4 is 11.8 Å². The van der Waals surface area contributed by atoms with E-state index in [1.54, 1.807) is 6.92 Å². The Morgan fingerprint density at radius 1 is 1.39 bits per heavy atom. The average molecular weight is 254 g/mol. The number of hydrogen-bond acceptors (Lipinski definition) is 2. The van der Waals surface area contributed by atoms with Crippen LogP contribution in [0.3, 0.4) is 0 Å². The zero-order valence-corrected chi connectivity index (χ0v) is 9.74. The van der Waals surface area contributed by atoms with Crippen molar-refractivity contribution in [3.8, 4) is 0 Å². The van der Waals surface area contributed by atoms with Gasteiger partial charge in [0.1, 0.15) is 6.04 Å². The molecule has 18 heavy (non-hydrogen) atoms. The highest BCUT2D eigenvalue weighted by Crippen LogP contribution is 2.16. The van der Waals surface area contributed by atoms with Crippen LogP contribution in [-0.4, -0.2) is 29.3 Å². The molecule has 1 fully saturated rings. The largest absolute Gasteiger partial charge is 0.345 e. The van der Waals surface area contributed by atoms with Crippen LogP contribution in [0.4, 0.5) is 8.78 Å². The lowest BCUT2D eigenvalue weighted by atomic mass is 10.1. The molecule has 1 aromatic rings. The van der Waals surface area contributed by atoms with Crippen molar-refractivity contribution in [3.63, 3.8) is 0 Å². The van der Waals surface area contributed by atoms with Crippen LogP contribution < -0.4 is 5.32 Å². The number of hydrogen-bond donors (Lipinski definition) is 1. The summed E-state index contributed by atoms with van der Waals surface area (Å²) in [5.74, 6) is -2.56. The first-order chi connectivity index (χ1) is 8.50. The van der Waals surface area contributed by atoms with Gasteiger partial charge in [-0.1, -0.05) is 12.1 Å². The summed E-state index contributed by atoms with van der Waals surface area (Å²) < 4.78 is 26.5. The summed E-state index contributed by atoms with van der Waals surface area (Å²) in [4.78, 5) is 24.3. The van der Waals surface area contributed by atoms with Crippen molar-refractivity contribution in [2.24, 2.45) is 0 Å². The Hall–Kier alpha value is -1.98. The van der Waals surface area contributed by atoms with E-state index < -0.39 is 17.7 Å². The van der Waals surface area contributed by atoms with Crippen LogP contribution in [0.1, 0.15) is 12.5 Å². The van der Waals surface area contributed by atoms with E-state index in [1.165, 1.54) is 17.0 Å². The standard InChI is InChI=1S/C12H12F2N2O2/c1-7-12(18)15-5-10(17)16(7)6-8-3-2-4-9(13)11(8)14/h2-4,7H,5-6H2,1H3,(H,15,18). The van der Waals surface area contributed by atoms with Crippen molar-refractivity contribution in [2.45, 2.75) is 19.5 Å². The second-order valence-corrected chi connectivity index (χ2v) is 4.13. The van der Waals surface area contributed by atoms with E-state index in [-0.39, 0.29) is 30.5 Å². The molecule has 0 bridgehead atoms. The molecule has 96 valence electrons. The van der Waals surface area contributed by atoms with Crippen LogP contribution >= 0.6 is 0 Å². The monoisotopic (exact) mass is 254 g/mol. The van der Waals surface area contributed by atoms with Crippen LogP contribution in [0.25, 0.3) is 0 Å². The minimum Gasteiger partial charge on any atom is -0.345 e. The fraction of sp³-hybridized carbons (Fsp3) is 0.333. The lowest BCUT2D eigenvalue weighted by Gasteiger charge is -2.32. The van der Waals surface area contributed by atoms with Gasteiger partial charge in [0.15, 0.2) is 11.6 Å². The molecule has 2 rings (SSSR count). The van der Waals surface area contributed by atoms with Crippen molar-refractivity contribution in [3.05, 3.63) is 35.4 Å². The number of piperazine rings is 1. The molecule has 0 spiro atoms.